The lowest BCUT2D eigenvalue weighted by Crippen LogP contribution is -2.19. The van der Waals surface area contributed by atoms with Gasteiger partial charge >= 0.3 is 5.97 Å². The van der Waals surface area contributed by atoms with Crippen molar-refractivity contribution in [3.63, 3.8) is 0 Å². The minimum absolute atomic E-state index is 0.164. The number of likely N-dealkylation sites (N-methyl/N-ethyl adjacent to an activating group) is 1. The van der Waals surface area contributed by atoms with Crippen LogP contribution < -0.4 is 10.1 Å². The second kappa shape index (κ2) is 7.55. The van der Waals surface area contributed by atoms with Crippen LogP contribution in [0, 0.1) is 0 Å². The molecule has 1 rings (SSSR count). The Morgan fingerprint density at radius 2 is 1.94 bits per heavy atom. The minimum atomic E-state index is -0.290. The van der Waals surface area contributed by atoms with Gasteiger partial charge in [0.1, 0.15) is 18.9 Å². The van der Waals surface area contributed by atoms with Crippen molar-refractivity contribution in [2.24, 2.45) is 0 Å². The average Bonchev–Trinajstić information content (AvgIpc) is 2.37. The number of anilines is 1. The van der Waals surface area contributed by atoms with Crippen LogP contribution in [0.15, 0.2) is 24.3 Å². The number of carbonyl (C=O) groups excluding carboxylic acids is 1. The molecular weight excluding hydrogens is 232 g/mol. The summed E-state index contributed by atoms with van der Waals surface area (Å²) in [5.74, 6) is 0.529. The first-order chi connectivity index (χ1) is 8.61. The largest absolute Gasteiger partial charge is 0.492 e. The van der Waals surface area contributed by atoms with Gasteiger partial charge in [-0.3, -0.25) is 4.79 Å². The summed E-state index contributed by atoms with van der Waals surface area (Å²) in [5, 5.41) is 2.96. The molecule has 1 aromatic carbocycles. The highest BCUT2D eigenvalue weighted by molar-refractivity contribution is 5.74. The smallest absolute Gasteiger partial charge is 0.325 e. The number of hydrogen-bond acceptors (Lipinski definition) is 5. The minimum Gasteiger partial charge on any atom is -0.492 e. The monoisotopic (exact) mass is 252 g/mol. The molecule has 0 fully saturated rings. The molecule has 1 N–H and O–H groups in total. The lowest BCUT2D eigenvalue weighted by atomic mass is 10.3. The van der Waals surface area contributed by atoms with Crippen molar-refractivity contribution in [3.05, 3.63) is 24.3 Å². The van der Waals surface area contributed by atoms with Gasteiger partial charge in [-0.15, -0.1) is 0 Å². The van der Waals surface area contributed by atoms with Crippen molar-refractivity contribution in [3.8, 4) is 5.75 Å². The lowest BCUT2D eigenvalue weighted by Gasteiger charge is -2.11. The third-order valence-electron chi connectivity index (χ3n) is 2.33. The van der Waals surface area contributed by atoms with E-state index in [0.29, 0.717) is 6.61 Å². The number of ether oxygens (including phenoxy) is 2. The molecule has 5 nitrogen and oxygen atoms in total. The van der Waals surface area contributed by atoms with Gasteiger partial charge in [-0.25, -0.2) is 0 Å². The van der Waals surface area contributed by atoms with Crippen LogP contribution in [-0.4, -0.2) is 51.8 Å². The predicted molar refractivity (Wildman–Crippen MR) is 71.0 cm³/mol. The Morgan fingerprint density at radius 1 is 1.28 bits per heavy atom. The number of rotatable bonds is 7. The van der Waals surface area contributed by atoms with E-state index in [-0.39, 0.29) is 12.5 Å². The highest BCUT2D eigenvalue weighted by Gasteiger charge is 2.00. The Balaban J connectivity index is 2.35. The first kappa shape index (κ1) is 14.3. The third kappa shape index (κ3) is 5.54. The molecule has 0 bridgehead atoms. The molecule has 1 aromatic rings. The van der Waals surface area contributed by atoms with Gasteiger partial charge in [0.25, 0.3) is 0 Å². The van der Waals surface area contributed by atoms with Crippen LogP contribution in [0.25, 0.3) is 0 Å². The summed E-state index contributed by atoms with van der Waals surface area (Å²) in [6.07, 6.45) is 0. The Hall–Kier alpha value is -1.75. The molecule has 0 radical (unpaired) electrons. The predicted octanol–water partition coefficient (Wildman–Crippen LogP) is 1.21. The van der Waals surface area contributed by atoms with Crippen molar-refractivity contribution in [2.75, 3.05) is 46.2 Å². The molecule has 5 heteroatoms. The molecule has 0 atom stereocenters. The van der Waals surface area contributed by atoms with E-state index in [9.17, 15) is 4.79 Å². The first-order valence-electron chi connectivity index (χ1n) is 5.80. The summed E-state index contributed by atoms with van der Waals surface area (Å²) in [4.78, 5) is 13.0. The van der Waals surface area contributed by atoms with E-state index in [0.717, 1.165) is 18.0 Å². The highest BCUT2D eigenvalue weighted by Crippen LogP contribution is 2.15. The zero-order chi connectivity index (χ0) is 13.4. The first-order valence-corrected chi connectivity index (χ1v) is 5.80. The number of carbonyl (C=O) groups is 1. The summed E-state index contributed by atoms with van der Waals surface area (Å²) in [5.41, 5.74) is 0.861. The quantitative estimate of drug-likeness (QED) is 0.739. The zero-order valence-corrected chi connectivity index (χ0v) is 11.1. The topological polar surface area (TPSA) is 50.8 Å². The summed E-state index contributed by atoms with van der Waals surface area (Å²) in [6, 6.07) is 7.48. The lowest BCUT2D eigenvalue weighted by molar-refractivity contribution is -0.138. The molecule has 0 amide bonds. The van der Waals surface area contributed by atoms with Gasteiger partial charge in [0.15, 0.2) is 0 Å². The molecule has 0 heterocycles. The van der Waals surface area contributed by atoms with Crippen LogP contribution in [0.5, 0.6) is 5.75 Å². The number of hydrogen-bond donors (Lipinski definition) is 1. The normalized spacial score (nSPS) is 10.2. The summed E-state index contributed by atoms with van der Waals surface area (Å²) < 4.78 is 10.1. The molecule has 100 valence electrons. The maximum atomic E-state index is 10.9. The van der Waals surface area contributed by atoms with Gasteiger partial charge in [-0.05, 0) is 38.4 Å². The zero-order valence-electron chi connectivity index (χ0n) is 11.1. The molecular formula is C13H20N2O3. The van der Waals surface area contributed by atoms with Crippen molar-refractivity contribution in [1.82, 2.24) is 4.90 Å². The molecule has 18 heavy (non-hydrogen) atoms. The second-order valence-corrected chi connectivity index (χ2v) is 4.11. The van der Waals surface area contributed by atoms with Crippen molar-refractivity contribution >= 4 is 11.7 Å². The number of nitrogens with one attached hydrogen (secondary N) is 1. The van der Waals surface area contributed by atoms with Crippen molar-refractivity contribution in [2.45, 2.75) is 0 Å². The fourth-order valence-electron chi connectivity index (χ4n) is 1.26. The van der Waals surface area contributed by atoms with Crippen molar-refractivity contribution in [1.29, 1.82) is 0 Å². The molecule has 0 aliphatic heterocycles. The molecule has 0 saturated carbocycles. The Bertz CT molecular complexity index is 363. The van der Waals surface area contributed by atoms with E-state index in [1.165, 1.54) is 7.11 Å². The molecule has 0 unspecified atom stereocenters. The maximum absolute atomic E-state index is 10.9. The molecule has 0 aromatic heterocycles. The van der Waals surface area contributed by atoms with Crippen LogP contribution in [0.4, 0.5) is 5.69 Å². The van der Waals surface area contributed by atoms with Gasteiger partial charge in [-0.2, -0.15) is 0 Å². The average molecular weight is 252 g/mol. The van der Waals surface area contributed by atoms with Gasteiger partial charge in [-0.1, -0.05) is 0 Å². The number of methoxy groups -OCH3 is 1. The van der Waals surface area contributed by atoms with E-state index in [2.05, 4.69) is 15.0 Å². The number of benzene rings is 1. The van der Waals surface area contributed by atoms with Gasteiger partial charge in [0.05, 0.1) is 7.11 Å². The van der Waals surface area contributed by atoms with Crippen LogP contribution in [0.3, 0.4) is 0 Å². The van der Waals surface area contributed by atoms with Crippen LogP contribution in [0.1, 0.15) is 0 Å². The SMILES string of the molecule is COC(=O)CNc1ccc(OCCN(C)C)cc1. The Labute approximate surface area is 108 Å². The van der Waals surface area contributed by atoms with E-state index < -0.39 is 0 Å². The summed E-state index contributed by atoms with van der Waals surface area (Å²) in [6.45, 7) is 1.70. The third-order valence-corrected chi connectivity index (χ3v) is 2.33. The van der Waals surface area contributed by atoms with Gasteiger partial charge in [0, 0.05) is 12.2 Å². The van der Waals surface area contributed by atoms with Crippen LogP contribution >= 0.6 is 0 Å². The number of nitrogens with zero attached hydrogens (tertiary/aromatic N) is 1. The summed E-state index contributed by atoms with van der Waals surface area (Å²) in [7, 11) is 5.37. The highest BCUT2D eigenvalue weighted by atomic mass is 16.5. The van der Waals surface area contributed by atoms with Gasteiger partial charge < -0.3 is 19.7 Å². The maximum Gasteiger partial charge on any atom is 0.325 e. The fourth-order valence-corrected chi connectivity index (χ4v) is 1.26. The van der Waals surface area contributed by atoms with E-state index in [1.807, 2.05) is 38.4 Å². The van der Waals surface area contributed by atoms with E-state index in [1.54, 1.807) is 0 Å². The molecule has 0 aliphatic carbocycles. The van der Waals surface area contributed by atoms with Gasteiger partial charge in [0.2, 0.25) is 0 Å². The standard InChI is InChI=1S/C13H20N2O3/c1-15(2)8-9-18-12-6-4-11(5-7-12)14-10-13(16)17-3/h4-7,14H,8-10H2,1-3H3. The van der Waals surface area contributed by atoms with E-state index >= 15 is 0 Å². The molecule has 0 aliphatic rings. The fraction of sp³-hybridized carbons (Fsp3) is 0.462. The number of esters is 1. The van der Waals surface area contributed by atoms with Crippen LogP contribution in [-0.2, 0) is 9.53 Å². The second-order valence-electron chi connectivity index (χ2n) is 4.11. The Kier molecular flexibility index (Phi) is 6.00. The molecule has 0 saturated heterocycles. The molecule has 0 spiro atoms. The summed E-state index contributed by atoms with van der Waals surface area (Å²) >= 11 is 0. The van der Waals surface area contributed by atoms with Crippen LogP contribution in [0.2, 0.25) is 0 Å². The van der Waals surface area contributed by atoms with E-state index in [4.69, 9.17) is 4.74 Å². The Morgan fingerprint density at radius 3 is 2.50 bits per heavy atom. The van der Waals surface area contributed by atoms with Crippen molar-refractivity contribution < 1.29 is 14.3 Å².